The van der Waals surface area contributed by atoms with E-state index in [9.17, 15) is 39.6 Å². The maximum atomic E-state index is 14.8. The number of allylic oxidation sites excluding steroid dienone is 11. The van der Waals surface area contributed by atoms with Crippen molar-refractivity contribution in [3.8, 4) is 0 Å². The topological polar surface area (TPSA) is 170 Å². The van der Waals surface area contributed by atoms with Crippen molar-refractivity contribution in [1.82, 2.24) is 0 Å². The van der Waals surface area contributed by atoms with Crippen LogP contribution in [0.1, 0.15) is 217 Å². The van der Waals surface area contributed by atoms with Gasteiger partial charge >= 0.3 is 5.97 Å². The third-order valence-electron chi connectivity index (χ3n) is 20.7. The number of nitrogens with zero attached hydrogens (tertiary/aromatic N) is 4. The molecule has 0 spiro atoms. The normalized spacial score (nSPS) is 20.9. The highest BCUT2D eigenvalue weighted by molar-refractivity contribution is 6.41. The molecule has 0 saturated heterocycles. The number of unbranched alkanes of at least 4 members (excludes halogenated alkanes) is 10. The first-order chi connectivity index (χ1) is 43.4. The molecule has 12 heteroatoms. The first-order valence-corrected chi connectivity index (χ1v) is 33.6. The third-order valence-corrected chi connectivity index (χ3v) is 20.7. The van der Waals surface area contributed by atoms with Gasteiger partial charge in [0, 0.05) is 129 Å². The quantitative estimate of drug-likeness (QED) is 0.0385. The summed E-state index contributed by atoms with van der Waals surface area (Å²) in [5.74, 6) is -2.92. The molecule has 91 heavy (non-hydrogen) atoms. The highest BCUT2D eigenvalue weighted by Crippen LogP contribution is 2.52. The fraction of sp³-hybridized carbons (Fsp3) is 0.430. The molecule has 474 valence electrons. The second kappa shape index (κ2) is 24.8. The van der Waals surface area contributed by atoms with E-state index in [-0.39, 0.29) is 73.6 Å². The molecule has 3 aliphatic carbocycles. The van der Waals surface area contributed by atoms with Crippen LogP contribution < -0.4 is 20.2 Å². The predicted octanol–water partition coefficient (Wildman–Crippen LogP) is 13.4. The van der Waals surface area contributed by atoms with E-state index >= 15 is 0 Å². The van der Waals surface area contributed by atoms with Crippen LogP contribution >= 0.6 is 0 Å². The molecule has 4 aliphatic heterocycles. The molecule has 0 saturated carbocycles. The van der Waals surface area contributed by atoms with Crippen molar-refractivity contribution in [2.45, 2.75) is 195 Å². The molecule has 0 aromatic heterocycles. The number of fused-ring (bicyclic) bond motifs is 4. The monoisotopic (exact) mass is 1220 g/mol. The van der Waals surface area contributed by atoms with E-state index < -0.39 is 27.6 Å². The fourth-order valence-electron chi connectivity index (χ4n) is 15.2. The first-order valence-electron chi connectivity index (χ1n) is 33.6. The van der Waals surface area contributed by atoms with Crippen molar-refractivity contribution in [3.05, 3.63) is 187 Å². The smallest absolute Gasteiger partial charge is 0.335 e. The van der Waals surface area contributed by atoms with Crippen LogP contribution in [0.15, 0.2) is 148 Å². The first kappa shape index (κ1) is 64.3. The summed E-state index contributed by atoms with van der Waals surface area (Å²) in [6, 6.07) is 25.0. The van der Waals surface area contributed by atoms with Crippen LogP contribution in [0.5, 0.6) is 0 Å². The lowest BCUT2D eigenvalue weighted by atomic mass is 9.75. The minimum atomic E-state index is -1.02. The Kier molecular flexibility index (Phi) is 17.5. The number of Topliss-reactive ketones (excluding diaryl/α,β-unsaturated/α-hetero) is 3. The van der Waals surface area contributed by atoms with Gasteiger partial charge in [0.25, 0.3) is 0 Å². The summed E-state index contributed by atoms with van der Waals surface area (Å²) >= 11 is 0. The van der Waals surface area contributed by atoms with Crippen LogP contribution in [0, 0.1) is 0 Å². The maximum absolute atomic E-state index is 14.8. The number of hydrogen-bond acceptors (Lipinski definition) is 8. The van der Waals surface area contributed by atoms with E-state index in [0.29, 0.717) is 30.8 Å². The molecule has 7 aliphatic rings. The number of carbonyl (C=O) groups is 4. The molecular weight excluding hydrogens is 1130 g/mol. The molecule has 12 nitrogen and oxygen atoms in total. The van der Waals surface area contributed by atoms with Crippen LogP contribution in [0.4, 0.5) is 22.7 Å². The number of carboxylic acids is 1. The van der Waals surface area contributed by atoms with Gasteiger partial charge in [0.05, 0.1) is 21.8 Å². The number of carbonyl (C=O) groups excluding carboxylic acids is 3. The summed E-state index contributed by atoms with van der Waals surface area (Å²) < 4.78 is 6.61. The number of aromatic carboxylic acids is 1. The summed E-state index contributed by atoms with van der Waals surface area (Å²) in [6.45, 7) is 28.0. The Morgan fingerprint density at radius 1 is 0.462 bits per heavy atom. The van der Waals surface area contributed by atoms with Gasteiger partial charge in [-0.1, -0.05) is 141 Å². The van der Waals surface area contributed by atoms with Crippen molar-refractivity contribution in [3.63, 3.8) is 0 Å². The lowest BCUT2D eigenvalue weighted by Gasteiger charge is -2.33. The van der Waals surface area contributed by atoms with E-state index in [4.69, 9.17) is 0 Å². The van der Waals surface area contributed by atoms with Crippen molar-refractivity contribution in [1.29, 1.82) is 0 Å². The second-order valence-electron chi connectivity index (χ2n) is 28.2. The molecule has 0 bridgehead atoms. The number of benzene rings is 4. The molecule has 4 heterocycles. The van der Waals surface area contributed by atoms with Crippen molar-refractivity contribution in [2.75, 3.05) is 31.1 Å². The van der Waals surface area contributed by atoms with E-state index in [1.165, 1.54) is 5.56 Å². The van der Waals surface area contributed by atoms with Gasteiger partial charge in [0.1, 0.15) is 19.6 Å². The Bertz CT molecular complexity index is 4120. The molecule has 0 fully saturated rings. The Labute approximate surface area is 538 Å². The van der Waals surface area contributed by atoms with E-state index in [0.717, 1.165) is 159 Å². The summed E-state index contributed by atoms with van der Waals surface area (Å²) in [5, 5.41) is 53.4. The van der Waals surface area contributed by atoms with Crippen molar-refractivity contribution in [2.24, 2.45) is 0 Å². The minimum Gasteiger partial charge on any atom is -0.871 e. The van der Waals surface area contributed by atoms with Crippen molar-refractivity contribution >= 4 is 74.3 Å². The molecule has 0 unspecified atom stereocenters. The zero-order valence-electron chi connectivity index (χ0n) is 55.6. The van der Waals surface area contributed by atoms with Gasteiger partial charge in [-0.3, -0.25) is 14.4 Å². The number of hydrogen-bond donors (Lipinski definition) is 1. The average molecular weight is 1220 g/mol. The lowest BCUT2D eigenvalue weighted by molar-refractivity contribution is -0.438. The number of anilines is 1. The molecule has 4 aromatic carbocycles. The zero-order valence-corrected chi connectivity index (χ0v) is 55.6. The highest BCUT2D eigenvalue weighted by atomic mass is 16.4. The highest BCUT2D eigenvalue weighted by Gasteiger charge is 2.50. The Morgan fingerprint density at radius 3 is 1.42 bits per heavy atom. The Hall–Kier alpha value is -8.25. The molecule has 4 aromatic rings. The Morgan fingerprint density at radius 2 is 0.901 bits per heavy atom. The lowest BCUT2D eigenvalue weighted by Crippen LogP contribution is -2.35. The van der Waals surface area contributed by atoms with E-state index in [1.54, 1.807) is 30.4 Å². The third kappa shape index (κ3) is 10.8. The van der Waals surface area contributed by atoms with Gasteiger partial charge in [-0.15, -0.1) is 0 Å². The minimum absolute atomic E-state index is 0.0943. The maximum Gasteiger partial charge on any atom is 0.335 e. The van der Waals surface area contributed by atoms with Crippen LogP contribution in [0.3, 0.4) is 0 Å². The number of carboxylic acid groups (broad SMARTS) is 1. The summed E-state index contributed by atoms with van der Waals surface area (Å²) in [5.41, 5.74) is 10.4. The summed E-state index contributed by atoms with van der Waals surface area (Å²) in [7, 11) is 0. The van der Waals surface area contributed by atoms with Crippen LogP contribution in [-0.4, -0.2) is 85.5 Å². The van der Waals surface area contributed by atoms with Gasteiger partial charge in [-0.2, -0.15) is 13.7 Å². The molecule has 0 amide bonds. The average Bonchev–Trinajstić information content (AvgIpc) is 1.67. The molecule has 1 N–H and O–H groups in total. The van der Waals surface area contributed by atoms with Crippen LogP contribution in [0.25, 0.3) is 11.1 Å². The molecule has 0 atom stereocenters. The zero-order chi connectivity index (χ0) is 65.2. The fourth-order valence-corrected chi connectivity index (χ4v) is 15.2. The second-order valence-corrected chi connectivity index (χ2v) is 28.2. The Balaban J connectivity index is 0.916. The standard InChI is InChI=1S/C79H90N4O8/c1-13-17-21-23-27-39-82-60-34-31-48(67-71(86)53(72(67)87)46-63-76(5,6)55-29-25-26-30-59(55)80(63)37-19-15-3)41-56(60)77(7,8)64(82)44-51-69(84)52(70(51)85)45-65-78(9,10)57-42-49(32-35-61(57)83(65)40-28-24-22-18-14-2)68-73(88)54(74(68)89)47-66-79(11,12)58-43-50(75(90)91)33-36-62(58)81(66)38-20-16-4/h25-26,29-36,41-47H,13-24,27-28,37-40H2,1-12H3,(H-3,84,85,86,87,88,89,90,91). The van der Waals surface area contributed by atoms with E-state index in [1.807, 2.05) is 74.5 Å². The molecule has 11 rings (SSSR count). The number of rotatable bonds is 25. The summed E-state index contributed by atoms with van der Waals surface area (Å²) in [6.07, 6.45) is 21.3. The molecule has 0 radical (unpaired) electrons. The van der Waals surface area contributed by atoms with Gasteiger partial charge in [0.2, 0.25) is 17.1 Å². The van der Waals surface area contributed by atoms with Crippen molar-refractivity contribution < 1.29 is 53.3 Å². The summed E-state index contributed by atoms with van der Waals surface area (Å²) in [4.78, 5) is 57.8. The van der Waals surface area contributed by atoms with Crippen LogP contribution in [0.2, 0.25) is 0 Å². The van der Waals surface area contributed by atoms with Gasteiger partial charge < -0.3 is 25.3 Å². The van der Waals surface area contributed by atoms with Gasteiger partial charge in [-0.25, -0.2) is 4.79 Å². The van der Waals surface area contributed by atoms with Crippen LogP contribution in [-0.2, 0) is 36.0 Å². The largest absolute Gasteiger partial charge is 0.871 e. The number of para-hydroxylation sites is 1. The van der Waals surface area contributed by atoms with Gasteiger partial charge in [0.15, 0.2) is 34.5 Å². The van der Waals surface area contributed by atoms with Gasteiger partial charge in [-0.05, 0) is 114 Å². The number of ketones is 3. The molecular formula is C79H90N4O8. The van der Waals surface area contributed by atoms with E-state index in [2.05, 4.69) is 100.0 Å². The SMILES string of the molecule is CCCCCCCN1/C(=C/C2=C([O-])C(=C\C3=[N+](CCCCCCC)c4ccc(C5=C([O-])/C(=C/C6=[N+](CCCC)c7ccc(C(=O)O)cc7C6(C)C)C5=O)cc4C3(C)C)/C2=O)C(C)(C)c2cc(C3=C([O-])/C(=C/C4=[N+](CCCC)c5ccccc5C4(C)C)C3=O)ccc21. The predicted molar refractivity (Wildman–Crippen MR) is 357 cm³/mol.